The molecule has 13 rings (SSSR count). The second-order valence-corrected chi connectivity index (χ2v) is 18.9. The molecule has 2 aromatic heterocycles. The third kappa shape index (κ3) is 8.68. The standard InChI is InChI=1S/C70H49N3/c1-3-17-48(18-4-1)52-21-11-25-56(41-52)57-26-13-23-54(43-57)50-37-39-51(40-38-50)55-24-14-29-60(44-55)66-47-67(61-30-15-28-59(45-61)58-27-12-22-53(42-58)49-19-5-2-6-20-49)72-70(71-66)62-31-16-32-63(46-62)73-68-35-9-7-33-64(68)65-34-8-10-36-69(65)73/h1-11,13-21,23-47H,12,22H2. The zero-order valence-corrected chi connectivity index (χ0v) is 40.2. The fraction of sp³-hybridized carbons (Fsp3) is 0.0286. The average molecular weight is 932 g/mol. The van der Waals surface area contributed by atoms with Crippen LogP contribution in [-0.2, 0) is 0 Å². The van der Waals surface area contributed by atoms with Gasteiger partial charge in [0.1, 0.15) is 0 Å². The summed E-state index contributed by atoms with van der Waals surface area (Å²) in [6.07, 6.45) is 6.75. The minimum Gasteiger partial charge on any atom is -0.309 e. The molecule has 0 N–H and O–H groups in total. The molecule has 0 unspecified atom stereocenters. The predicted molar refractivity (Wildman–Crippen MR) is 306 cm³/mol. The molecule has 0 saturated heterocycles. The van der Waals surface area contributed by atoms with Crippen LogP contribution in [0.4, 0.5) is 0 Å². The first-order valence-electron chi connectivity index (χ1n) is 25.2. The average Bonchev–Trinajstić information content (AvgIpc) is 3.82. The number of rotatable bonds is 10. The lowest BCUT2D eigenvalue weighted by atomic mass is 9.90. The van der Waals surface area contributed by atoms with Crippen LogP contribution in [0.2, 0.25) is 0 Å². The van der Waals surface area contributed by atoms with Crippen LogP contribution in [-0.4, -0.2) is 14.5 Å². The van der Waals surface area contributed by atoms with Crippen LogP contribution < -0.4 is 0 Å². The maximum atomic E-state index is 5.41. The Morgan fingerprint density at radius 1 is 0.301 bits per heavy atom. The van der Waals surface area contributed by atoms with Gasteiger partial charge in [-0.25, -0.2) is 9.97 Å². The van der Waals surface area contributed by atoms with Crippen LogP contribution in [0, 0.1) is 0 Å². The molecular formula is C70H49N3. The summed E-state index contributed by atoms with van der Waals surface area (Å²) in [6.45, 7) is 0. The molecule has 0 saturated carbocycles. The minimum atomic E-state index is 0.674. The topological polar surface area (TPSA) is 30.7 Å². The van der Waals surface area contributed by atoms with E-state index in [1.54, 1.807) is 0 Å². The molecule has 3 heteroatoms. The number of allylic oxidation sites excluding steroid dienone is 4. The molecule has 0 bridgehead atoms. The Hall–Kier alpha value is -9.44. The summed E-state index contributed by atoms with van der Waals surface area (Å²) in [5.74, 6) is 0.674. The van der Waals surface area contributed by atoms with Crippen molar-refractivity contribution in [3.8, 4) is 84.1 Å². The maximum absolute atomic E-state index is 5.41. The molecule has 0 atom stereocenters. The Bertz CT molecular complexity index is 4010. The van der Waals surface area contributed by atoms with Crippen molar-refractivity contribution >= 4 is 33.0 Å². The van der Waals surface area contributed by atoms with Gasteiger partial charge in [-0.2, -0.15) is 0 Å². The van der Waals surface area contributed by atoms with Crippen molar-refractivity contribution < 1.29 is 0 Å². The summed E-state index contributed by atoms with van der Waals surface area (Å²) >= 11 is 0. The number of aromatic nitrogens is 3. The first-order valence-corrected chi connectivity index (χ1v) is 25.2. The van der Waals surface area contributed by atoms with Crippen molar-refractivity contribution in [3.05, 3.63) is 284 Å². The lowest BCUT2D eigenvalue weighted by Gasteiger charge is -2.16. The number of hydrogen-bond donors (Lipinski definition) is 0. The van der Waals surface area contributed by atoms with Gasteiger partial charge in [-0.15, -0.1) is 0 Å². The van der Waals surface area contributed by atoms with Crippen molar-refractivity contribution in [3.63, 3.8) is 0 Å². The molecule has 0 amide bonds. The van der Waals surface area contributed by atoms with E-state index < -0.39 is 0 Å². The van der Waals surface area contributed by atoms with Gasteiger partial charge < -0.3 is 4.57 Å². The molecule has 0 aliphatic heterocycles. The van der Waals surface area contributed by atoms with E-state index in [4.69, 9.17) is 9.97 Å². The maximum Gasteiger partial charge on any atom is 0.160 e. The SMILES string of the molecule is C1=C(c2cccc(-c3cc(-c4cccc(-c5ccc(-c6cccc(-c7cccc(-c8ccccc8)c7)c6)cc5)c4)nc(-c4cccc(-n5c6ccccc6c6ccccc65)c4)n3)c2)C=C(c2ccccc2)CC1. The van der Waals surface area contributed by atoms with Gasteiger partial charge >= 0.3 is 0 Å². The van der Waals surface area contributed by atoms with Crippen molar-refractivity contribution in [2.45, 2.75) is 12.8 Å². The zero-order valence-electron chi connectivity index (χ0n) is 40.2. The molecule has 0 radical (unpaired) electrons. The van der Waals surface area contributed by atoms with E-state index in [2.05, 4.69) is 278 Å². The van der Waals surface area contributed by atoms with E-state index >= 15 is 0 Å². The summed E-state index contributed by atoms with van der Waals surface area (Å²) in [5.41, 5.74) is 22.6. The number of para-hydroxylation sites is 2. The van der Waals surface area contributed by atoms with E-state index in [-0.39, 0.29) is 0 Å². The zero-order chi connectivity index (χ0) is 48.5. The Labute approximate surface area is 426 Å². The van der Waals surface area contributed by atoms with Crippen LogP contribution >= 0.6 is 0 Å². The largest absolute Gasteiger partial charge is 0.309 e. The van der Waals surface area contributed by atoms with Gasteiger partial charge in [0.25, 0.3) is 0 Å². The van der Waals surface area contributed by atoms with E-state index in [1.165, 1.54) is 66.4 Å². The third-order valence-corrected chi connectivity index (χ3v) is 14.3. The molecule has 12 aromatic rings. The highest BCUT2D eigenvalue weighted by atomic mass is 15.0. The smallest absolute Gasteiger partial charge is 0.160 e. The van der Waals surface area contributed by atoms with Gasteiger partial charge in [-0.3, -0.25) is 0 Å². The Morgan fingerprint density at radius 3 is 1.29 bits per heavy atom. The van der Waals surface area contributed by atoms with Crippen LogP contribution in [0.3, 0.4) is 0 Å². The van der Waals surface area contributed by atoms with Crippen molar-refractivity contribution in [2.24, 2.45) is 0 Å². The second-order valence-electron chi connectivity index (χ2n) is 18.9. The normalized spacial score (nSPS) is 12.4. The summed E-state index contributed by atoms with van der Waals surface area (Å²) in [6, 6.07) is 93.6. The van der Waals surface area contributed by atoms with Gasteiger partial charge in [0, 0.05) is 33.2 Å². The fourth-order valence-electron chi connectivity index (χ4n) is 10.6. The van der Waals surface area contributed by atoms with Crippen molar-refractivity contribution in [2.75, 3.05) is 0 Å². The molecule has 0 spiro atoms. The van der Waals surface area contributed by atoms with Gasteiger partial charge in [-0.05, 0) is 134 Å². The molecule has 2 heterocycles. The molecule has 1 aliphatic rings. The molecule has 3 nitrogen and oxygen atoms in total. The monoisotopic (exact) mass is 931 g/mol. The van der Waals surface area contributed by atoms with Gasteiger partial charge in [0.15, 0.2) is 5.82 Å². The number of nitrogens with zero attached hydrogens (tertiary/aromatic N) is 3. The second kappa shape index (κ2) is 19.0. The van der Waals surface area contributed by atoms with Gasteiger partial charge in [0.05, 0.1) is 22.4 Å². The van der Waals surface area contributed by atoms with Crippen molar-refractivity contribution in [1.82, 2.24) is 14.5 Å². The number of hydrogen-bond acceptors (Lipinski definition) is 2. The summed E-state index contributed by atoms with van der Waals surface area (Å²) in [7, 11) is 0. The Kier molecular flexibility index (Phi) is 11.4. The fourth-order valence-corrected chi connectivity index (χ4v) is 10.6. The molecule has 1 aliphatic carbocycles. The Balaban J connectivity index is 0.869. The highest BCUT2D eigenvalue weighted by Crippen LogP contribution is 2.38. The highest BCUT2D eigenvalue weighted by Gasteiger charge is 2.17. The van der Waals surface area contributed by atoms with E-state index in [0.717, 1.165) is 68.8 Å². The first-order chi connectivity index (χ1) is 36.1. The number of benzene rings is 10. The van der Waals surface area contributed by atoms with E-state index in [1.807, 2.05) is 0 Å². The van der Waals surface area contributed by atoms with E-state index in [9.17, 15) is 0 Å². The molecular weight excluding hydrogens is 883 g/mol. The molecule has 344 valence electrons. The predicted octanol–water partition coefficient (Wildman–Crippen LogP) is 18.5. The van der Waals surface area contributed by atoms with Crippen LogP contribution in [0.15, 0.2) is 273 Å². The van der Waals surface area contributed by atoms with Gasteiger partial charge in [-0.1, -0.05) is 218 Å². The molecule has 10 aromatic carbocycles. The minimum absolute atomic E-state index is 0.674. The summed E-state index contributed by atoms with van der Waals surface area (Å²) < 4.78 is 2.36. The first kappa shape index (κ1) is 43.6. The third-order valence-electron chi connectivity index (χ3n) is 14.3. The summed E-state index contributed by atoms with van der Waals surface area (Å²) in [5, 5.41) is 2.46. The lowest BCUT2D eigenvalue weighted by Crippen LogP contribution is -1.99. The van der Waals surface area contributed by atoms with Gasteiger partial charge in [0.2, 0.25) is 0 Å². The van der Waals surface area contributed by atoms with Crippen LogP contribution in [0.1, 0.15) is 24.0 Å². The Morgan fingerprint density at radius 2 is 0.712 bits per heavy atom. The molecule has 0 fully saturated rings. The quantitative estimate of drug-likeness (QED) is 0.137. The summed E-state index contributed by atoms with van der Waals surface area (Å²) in [4.78, 5) is 10.8. The molecule has 73 heavy (non-hydrogen) atoms. The lowest BCUT2D eigenvalue weighted by molar-refractivity contribution is 1.06. The number of fused-ring (bicyclic) bond motifs is 3. The van der Waals surface area contributed by atoms with Crippen LogP contribution in [0.5, 0.6) is 0 Å². The van der Waals surface area contributed by atoms with Crippen molar-refractivity contribution in [1.29, 1.82) is 0 Å². The van der Waals surface area contributed by atoms with E-state index in [0.29, 0.717) is 5.82 Å². The van der Waals surface area contributed by atoms with Crippen LogP contribution in [0.25, 0.3) is 117 Å². The highest BCUT2D eigenvalue weighted by molar-refractivity contribution is 6.09.